The molecule has 5 heteroatoms. The van der Waals surface area contributed by atoms with E-state index in [-0.39, 0.29) is 0 Å². The van der Waals surface area contributed by atoms with Crippen LogP contribution in [0.2, 0.25) is 0 Å². The van der Waals surface area contributed by atoms with Crippen molar-refractivity contribution in [3.05, 3.63) is 58.2 Å². The van der Waals surface area contributed by atoms with E-state index in [1.54, 1.807) is 18.2 Å². The molecule has 0 saturated heterocycles. The Labute approximate surface area is 125 Å². The lowest BCUT2D eigenvalue weighted by Gasteiger charge is -2.13. The summed E-state index contributed by atoms with van der Waals surface area (Å²) in [5.74, 6) is -1.17. The molecule has 2 aromatic rings. The van der Waals surface area contributed by atoms with Crippen LogP contribution < -0.4 is 4.74 Å². The van der Waals surface area contributed by atoms with Crippen LogP contribution in [0, 0.1) is 0 Å². The third-order valence-corrected chi connectivity index (χ3v) is 3.43. The van der Waals surface area contributed by atoms with Crippen molar-refractivity contribution in [2.24, 2.45) is 0 Å². The zero-order valence-electron chi connectivity index (χ0n) is 10.9. The smallest absolute Gasteiger partial charge is 0.312 e. The molecule has 0 aliphatic rings. The van der Waals surface area contributed by atoms with Crippen LogP contribution in [0.3, 0.4) is 0 Å². The minimum atomic E-state index is -0.897. The van der Waals surface area contributed by atoms with E-state index in [4.69, 9.17) is 4.74 Å². The van der Waals surface area contributed by atoms with E-state index in [9.17, 15) is 9.90 Å². The summed E-state index contributed by atoms with van der Waals surface area (Å²) in [4.78, 5) is 15.7. The molecular weight excluding hydrogens is 322 g/mol. The van der Waals surface area contributed by atoms with Crippen LogP contribution in [0.5, 0.6) is 5.88 Å². The largest absolute Gasteiger partial charge is 0.481 e. The Morgan fingerprint density at radius 2 is 2.10 bits per heavy atom. The molecule has 0 amide bonds. The van der Waals surface area contributed by atoms with Gasteiger partial charge >= 0.3 is 5.97 Å². The molecule has 0 radical (unpaired) electrons. The summed E-state index contributed by atoms with van der Waals surface area (Å²) < 4.78 is 5.97. The number of methoxy groups -OCH3 is 1. The van der Waals surface area contributed by atoms with Crippen molar-refractivity contribution >= 4 is 21.9 Å². The van der Waals surface area contributed by atoms with Crippen LogP contribution in [0.1, 0.15) is 17.2 Å². The summed E-state index contributed by atoms with van der Waals surface area (Å²) in [7, 11) is 1.51. The predicted molar refractivity (Wildman–Crippen MR) is 79.0 cm³/mol. The second-order valence-electron chi connectivity index (χ2n) is 4.33. The van der Waals surface area contributed by atoms with E-state index in [0.717, 1.165) is 10.0 Å². The Hall–Kier alpha value is -1.88. The Kier molecular flexibility index (Phi) is 4.74. The molecule has 0 saturated carbocycles. The van der Waals surface area contributed by atoms with Gasteiger partial charge in [-0.1, -0.05) is 34.1 Å². The van der Waals surface area contributed by atoms with Gasteiger partial charge in [0.15, 0.2) is 0 Å². The van der Waals surface area contributed by atoms with Gasteiger partial charge in [-0.15, -0.1) is 0 Å². The first-order chi connectivity index (χ1) is 9.60. The Balaban J connectivity index is 2.29. The summed E-state index contributed by atoms with van der Waals surface area (Å²) in [6, 6.07) is 12.8. The lowest BCUT2D eigenvalue weighted by molar-refractivity contribution is -0.138. The first-order valence-electron chi connectivity index (χ1n) is 6.08. The molecule has 1 aromatic carbocycles. The minimum Gasteiger partial charge on any atom is -0.481 e. The average Bonchev–Trinajstić information content (AvgIpc) is 2.44. The van der Waals surface area contributed by atoms with Crippen LogP contribution in [0.15, 0.2) is 46.9 Å². The number of ether oxygens (including phenoxy) is 1. The zero-order valence-corrected chi connectivity index (χ0v) is 12.5. The van der Waals surface area contributed by atoms with E-state index in [2.05, 4.69) is 20.9 Å². The Morgan fingerprint density at radius 3 is 2.75 bits per heavy atom. The van der Waals surface area contributed by atoms with Gasteiger partial charge in [0.1, 0.15) is 5.92 Å². The molecule has 1 heterocycles. The summed E-state index contributed by atoms with van der Waals surface area (Å²) in [6.07, 6.45) is 0.384. The van der Waals surface area contributed by atoms with Crippen LogP contribution in [0.25, 0.3) is 0 Å². The fourth-order valence-electron chi connectivity index (χ4n) is 1.96. The SMILES string of the molecule is COc1cccc(C(Cc2cccc(Br)c2)C(=O)O)n1. The Morgan fingerprint density at radius 1 is 1.35 bits per heavy atom. The molecule has 0 spiro atoms. The number of benzene rings is 1. The lowest BCUT2D eigenvalue weighted by atomic mass is 9.96. The first kappa shape index (κ1) is 14.5. The number of aromatic nitrogens is 1. The zero-order chi connectivity index (χ0) is 14.5. The highest BCUT2D eigenvalue weighted by Gasteiger charge is 2.22. The third-order valence-electron chi connectivity index (χ3n) is 2.94. The highest BCUT2D eigenvalue weighted by molar-refractivity contribution is 9.10. The minimum absolute atomic E-state index is 0.384. The van der Waals surface area contributed by atoms with Crippen LogP contribution in [-0.4, -0.2) is 23.2 Å². The van der Waals surface area contributed by atoms with Crippen molar-refractivity contribution in [3.63, 3.8) is 0 Å². The average molecular weight is 336 g/mol. The fourth-order valence-corrected chi connectivity index (χ4v) is 2.40. The molecule has 2 rings (SSSR count). The van der Waals surface area contributed by atoms with Crippen molar-refractivity contribution in [1.29, 1.82) is 0 Å². The molecule has 0 aliphatic heterocycles. The molecule has 1 aromatic heterocycles. The summed E-state index contributed by atoms with van der Waals surface area (Å²) in [6.45, 7) is 0. The summed E-state index contributed by atoms with van der Waals surface area (Å²) >= 11 is 3.39. The molecule has 4 nitrogen and oxygen atoms in total. The highest BCUT2D eigenvalue weighted by Crippen LogP contribution is 2.23. The summed E-state index contributed by atoms with van der Waals surface area (Å²) in [5, 5.41) is 9.43. The first-order valence-corrected chi connectivity index (χ1v) is 6.87. The van der Waals surface area contributed by atoms with Crippen molar-refractivity contribution in [1.82, 2.24) is 4.98 Å². The van der Waals surface area contributed by atoms with Gasteiger partial charge in [-0.3, -0.25) is 4.79 Å². The number of halogens is 1. The number of carboxylic acids is 1. The van der Waals surface area contributed by atoms with E-state index < -0.39 is 11.9 Å². The molecule has 0 aliphatic carbocycles. The number of nitrogens with zero attached hydrogens (tertiary/aromatic N) is 1. The fraction of sp³-hybridized carbons (Fsp3) is 0.200. The number of rotatable bonds is 5. The molecular formula is C15H14BrNO3. The molecule has 0 bridgehead atoms. The van der Waals surface area contributed by atoms with Gasteiger partial charge in [-0.25, -0.2) is 4.98 Å². The van der Waals surface area contributed by atoms with Gasteiger partial charge in [0.2, 0.25) is 5.88 Å². The molecule has 104 valence electrons. The molecule has 20 heavy (non-hydrogen) atoms. The number of carboxylic acid groups (broad SMARTS) is 1. The number of hydrogen-bond acceptors (Lipinski definition) is 3. The lowest BCUT2D eigenvalue weighted by Crippen LogP contribution is -2.16. The van der Waals surface area contributed by atoms with E-state index in [1.807, 2.05) is 24.3 Å². The van der Waals surface area contributed by atoms with Crippen LogP contribution >= 0.6 is 15.9 Å². The van der Waals surface area contributed by atoms with Gasteiger partial charge in [-0.2, -0.15) is 0 Å². The van der Waals surface area contributed by atoms with Crippen LogP contribution in [-0.2, 0) is 11.2 Å². The predicted octanol–water partition coefficient (Wildman–Crippen LogP) is 3.26. The van der Waals surface area contributed by atoms with Crippen molar-refractivity contribution in [3.8, 4) is 5.88 Å². The third kappa shape index (κ3) is 3.57. The monoisotopic (exact) mass is 335 g/mol. The van der Waals surface area contributed by atoms with Gasteiger partial charge in [0.05, 0.1) is 12.8 Å². The Bertz CT molecular complexity index is 616. The standard InChI is InChI=1S/C15H14BrNO3/c1-20-14-7-3-6-13(17-14)12(15(18)19)9-10-4-2-5-11(16)8-10/h2-8,12H,9H2,1H3,(H,18,19). The number of hydrogen-bond donors (Lipinski definition) is 1. The topological polar surface area (TPSA) is 59.4 Å². The summed E-state index contributed by atoms with van der Waals surface area (Å²) in [5.41, 5.74) is 1.44. The quantitative estimate of drug-likeness (QED) is 0.910. The number of pyridine rings is 1. The van der Waals surface area contributed by atoms with Gasteiger partial charge in [0, 0.05) is 10.5 Å². The molecule has 1 N–H and O–H groups in total. The second kappa shape index (κ2) is 6.52. The number of carbonyl (C=O) groups is 1. The molecule has 1 atom stereocenters. The van der Waals surface area contributed by atoms with Crippen molar-refractivity contribution in [2.45, 2.75) is 12.3 Å². The normalized spacial score (nSPS) is 11.9. The maximum Gasteiger partial charge on any atom is 0.312 e. The van der Waals surface area contributed by atoms with Gasteiger partial charge in [0.25, 0.3) is 0 Å². The second-order valence-corrected chi connectivity index (χ2v) is 5.25. The maximum atomic E-state index is 11.5. The van der Waals surface area contributed by atoms with E-state index in [0.29, 0.717) is 18.0 Å². The molecule has 0 fully saturated rings. The highest BCUT2D eigenvalue weighted by atomic mass is 79.9. The van der Waals surface area contributed by atoms with E-state index >= 15 is 0 Å². The van der Waals surface area contributed by atoms with E-state index in [1.165, 1.54) is 7.11 Å². The van der Waals surface area contributed by atoms with Crippen molar-refractivity contribution < 1.29 is 14.6 Å². The van der Waals surface area contributed by atoms with Crippen LogP contribution in [0.4, 0.5) is 0 Å². The van der Waals surface area contributed by atoms with Gasteiger partial charge < -0.3 is 9.84 Å². The maximum absolute atomic E-state index is 11.5. The molecule has 1 unspecified atom stereocenters. The number of aliphatic carboxylic acids is 1. The van der Waals surface area contributed by atoms with Crippen molar-refractivity contribution in [2.75, 3.05) is 7.11 Å². The van der Waals surface area contributed by atoms with Gasteiger partial charge in [-0.05, 0) is 30.2 Å².